The van der Waals surface area contributed by atoms with Crippen LogP contribution in [0.3, 0.4) is 0 Å². The Morgan fingerprint density at radius 2 is 1.46 bits per heavy atom. The average Bonchev–Trinajstić information content (AvgIpc) is 2.58. The molecule has 0 unspecified atom stereocenters. The number of hydrogen-bond acceptors (Lipinski definition) is 2. The first kappa shape index (κ1) is 18.3. The molecule has 0 spiro atoms. The number of benzene rings is 2. The van der Waals surface area contributed by atoms with Crippen LogP contribution in [0.15, 0.2) is 24.3 Å². The highest BCUT2D eigenvalue weighted by Gasteiger charge is 2.21. The van der Waals surface area contributed by atoms with Crippen molar-refractivity contribution in [1.29, 1.82) is 0 Å². The zero-order chi connectivity index (χ0) is 17.7. The maximum atomic E-state index is 14.2. The monoisotopic (exact) mass is 342 g/mol. The van der Waals surface area contributed by atoms with Gasteiger partial charge in [0.15, 0.2) is 23.2 Å². The van der Waals surface area contributed by atoms with Crippen LogP contribution >= 0.6 is 0 Å². The van der Waals surface area contributed by atoms with E-state index in [1.807, 2.05) is 6.92 Å². The molecule has 130 valence electrons. The van der Waals surface area contributed by atoms with Crippen molar-refractivity contribution in [2.45, 2.75) is 32.8 Å². The Labute approximate surface area is 137 Å². The van der Waals surface area contributed by atoms with Crippen LogP contribution in [0, 0.1) is 23.3 Å². The fourth-order valence-electron chi connectivity index (χ4n) is 2.31. The number of hydrogen-bond donors (Lipinski definition) is 1. The van der Waals surface area contributed by atoms with E-state index in [0.29, 0.717) is 6.42 Å². The number of aliphatic hydroxyl groups is 1. The summed E-state index contributed by atoms with van der Waals surface area (Å²) in [7, 11) is 0. The van der Waals surface area contributed by atoms with Crippen molar-refractivity contribution in [3.63, 3.8) is 0 Å². The van der Waals surface area contributed by atoms with Gasteiger partial charge in [0.25, 0.3) is 0 Å². The number of ether oxygens (including phenoxy) is 1. The van der Waals surface area contributed by atoms with E-state index in [1.165, 1.54) is 6.07 Å². The highest BCUT2D eigenvalue weighted by Crippen LogP contribution is 2.33. The minimum atomic E-state index is -1.34. The van der Waals surface area contributed by atoms with E-state index in [4.69, 9.17) is 9.84 Å². The molecule has 0 saturated carbocycles. The molecule has 0 radical (unpaired) electrons. The van der Waals surface area contributed by atoms with Crippen LogP contribution in [-0.4, -0.2) is 11.7 Å². The van der Waals surface area contributed by atoms with Crippen molar-refractivity contribution in [3.8, 4) is 16.9 Å². The molecule has 2 rings (SSSR count). The van der Waals surface area contributed by atoms with E-state index in [0.717, 1.165) is 31.0 Å². The molecule has 2 nitrogen and oxygen atoms in total. The maximum absolute atomic E-state index is 14.2. The molecule has 0 aliphatic heterocycles. The molecule has 0 saturated heterocycles. The number of unbranched alkanes of at least 4 members (excludes halogenated alkanes) is 2. The molecule has 0 aliphatic carbocycles. The second kappa shape index (κ2) is 8.15. The predicted molar refractivity (Wildman–Crippen MR) is 82.7 cm³/mol. The predicted octanol–water partition coefficient (Wildman–Crippen LogP) is 4.97. The standard InChI is InChI=1S/C18H18F4O2/c1-2-3-4-9-24-14-8-7-13(17(21)18(14)22)12-6-5-11(10-23)15(19)16(12)20/h5-8,23H,2-4,9-10H2,1H3. The summed E-state index contributed by atoms with van der Waals surface area (Å²) in [6.45, 7) is 1.56. The van der Waals surface area contributed by atoms with Crippen LogP contribution in [0.1, 0.15) is 31.7 Å². The molecule has 0 heterocycles. The van der Waals surface area contributed by atoms with Crippen LogP contribution in [0.25, 0.3) is 11.1 Å². The fourth-order valence-corrected chi connectivity index (χ4v) is 2.31. The molecule has 0 aliphatic rings. The van der Waals surface area contributed by atoms with Gasteiger partial charge in [-0.05, 0) is 18.6 Å². The lowest BCUT2D eigenvalue weighted by Gasteiger charge is -2.12. The largest absolute Gasteiger partial charge is 0.490 e. The van der Waals surface area contributed by atoms with Gasteiger partial charge >= 0.3 is 0 Å². The van der Waals surface area contributed by atoms with Crippen LogP contribution < -0.4 is 4.74 Å². The Morgan fingerprint density at radius 1 is 0.833 bits per heavy atom. The van der Waals surface area contributed by atoms with Gasteiger partial charge in [-0.3, -0.25) is 0 Å². The topological polar surface area (TPSA) is 29.5 Å². The Kier molecular flexibility index (Phi) is 6.20. The summed E-state index contributed by atoms with van der Waals surface area (Å²) in [5, 5.41) is 8.90. The minimum absolute atomic E-state index is 0.248. The summed E-state index contributed by atoms with van der Waals surface area (Å²) in [5.74, 6) is -5.43. The normalized spacial score (nSPS) is 10.9. The van der Waals surface area contributed by atoms with Gasteiger partial charge in [0, 0.05) is 16.7 Å². The van der Waals surface area contributed by atoms with Gasteiger partial charge in [0.05, 0.1) is 13.2 Å². The SMILES string of the molecule is CCCCCOc1ccc(-c2ccc(CO)c(F)c2F)c(F)c1F. The first-order valence-corrected chi connectivity index (χ1v) is 7.70. The molecule has 2 aromatic carbocycles. The van der Waals surface area contributed by atoms with Crippen LogP contribution in [-0.2, 0) is 6.61 Å². The second-order valence-corrected chi connectivity index (χ2v) is 5.35. The van der Waals surface area contributed by atoms with E-state index in [9.17, 15) is 17.6 Å². The molecule has 0 atom stereocenters. The number of halogens is 4. The van der Waals surface area contributed by atoms with Crippen molar-refractivity contribution in [1.82, 2.24) is 0 Å². The van der Waals surface area contributed by atoms with Gasteiger partial charge in [-0.15, -0.1) is 0 Å². The quantitative estimate of drug-likeness (QED) is 0.568. The molecule has 2 aromatic rings. The summed E-state index contributed by atoms with van der Waals surface area (Å²) >= 11 is 0. The van der Waals surface area contributed by atoms with Gasteiger partial charge in [0.1, 0.15) is 0 Å². The molecular weight excluding hydrogens is 324 g/mol. The van der Waals surface area contributed by atoms with Crippen molar-refractivity contribution in [2.75, 3.05) is 6.61 Å². The zero-order valence-electron chi connectivity index (χ0n) is 13.2. The Bertz CT molecular complexity index is 717. The molecule has 0 bridgehead atoms. The second-order valence-electron chi connectivity index (χ2n) is 5.35. The van der Waals surface area contributed by atoms with E-state index >= 15 is 0 Å². The summed E-state index contributed by atoms with van der Waals surface area (Å²) in [6, 6.07) is 4.56. The van der Waals surface area contributed by atoms with E-state index < -0.39 is 41.0 Å². The van der Waals surface area contributed by atoms with Crippen molar-refractivity contribution < 1.29 is 27.4 Å². The summed E-state index contributed by atoms with van der Waals surface area (Å²) in [6.07, 6.45) is 2.58. The van der Waals surface area contributed by atoms with Gasteiger partial charge in [-0.2, -0.15) is 4.39 Å². The van der Waals surface area contributed by atoms with E-state index in [2.05, 4.69) is 0 Å². The van der Waals surface area contributed by atoms with Gasteiger partial charge in [0.2, 0.25) is 5.82 Å². The van der Waals surface area contributed by atoms with E-state index in [1.54, 1.807) is 0 Å². The Hall–Kier alpha value is -2.08. The molecule has 6 heteroatoms. The van der Waals surface area contributed by atoms with Crippen LogP contribution in [0.2, 0.25) is 0 Å². The first-order valence-electron chi connectivity index (χ1n) is 7.70. The molecule has 1 N–H and O–H groups in total. The lowest BCUT2D eigenvalue weighted by molar-refractivity contribution is 0.273. The Morgan fingerprint density at radius 3 is 2.08 bits per heavy atom. The average molecular weight is 342 g/mol. The van der Waals surface area contributed by atoms with E-state index in [-0.39, 0.29) is 17.9 Å². The minimum Gasteiger partial charge on any atom is -0.490 e. The van der Waals surface area contributed by atoms with Gasteiger partial charge in [-0.25, -0.2) is 13.2 Å². The first-order chi connectivity index (χ1) is 11.5. The molecular formula is C18H18F4O2. The third-order valence-corrected chi connectivity index (χ3v) is 3.68. The molecule has 0 aromatic heterocycles. The van der Waals surface area contributed by atoms with Crippen molar-refractivity contribution in [3.05, 3.63) is 53.1 Å². The van der Waals surface area contributed by atoms with Gasteiger partial charge < -0.3 is 9.84 Å². The van der Waals surface area contributed by atoms with Crippen LogP contribution in [0.4, 0.5) is 17.6 Å². The summed E-state index contributed by atoms with van der Waals surface area (Å²) in [5.41, 5.74) is -1.08. The molecule has 24 heavy (non-hydrogen) atoms. The zero-order valence-corrected chi connectivity index (χ0v) is 13.2. The molecule has 0 amide bonds. The van der Waals surface area contributed by atoms with Crippen molar-refractivity contribution >= 4 is 0 Å². The highest BCUT2D eigenvalue weighted by atomic mass is 19.2. The summed E-state index contributed by atoms with van der Waals surface area (Å²) < 4.78 is 61.2. The smallest absolute Gasteiger partial charge is 0.201 e. The Balaban J connectivity index is 2.33. The maximum Gasteiger partial charge on any atom is 0.201 e. The molecule has 0 fully saturated rings. The lowest BCUT2D eigenvalue weighted by Crippen LogP contribution is -2.03. The fraction of sp³-hybridized carbons (Fsp3) is 0.333. The number of rotatable bonds is 7. The van der Waals surface area contributed by atoms with Crippen LogP contribution in [0.5, 0.6) is 5.75 Å². The van der Waals surface area contributed by atoms with Crippen molar-refractivity contribution in [2.24, 2.45) is 0 Å². The third kappa shape index (κ3) is 3.70. The van der Waals surface area contributed by atoms with Gasteiger partial charge in [-0.1, -0.05) is 31.9 Å². The third-order valence-electron chi connectivity index (χ3n) is 3.68. The highest BCUT2D eigenvalue weighted by molar-refractivity contribution is 5.66. The summed E-state index contributed by atoms with van der Waals surface area (Å²) in [4.78, 5) is 0. The number of aliphatic hydroxyl groups excluding tert-OH is 1. The lowest BCUT2D eigenvalue weighted by atomic mass is 10.0.